The van der Waals surface area contributed by atoms with Gasteiger partial charge in [0, 0.05) is 25.9 Å². The number of carbonyl (C=O) groups excluding carboxylic acids is 1. The van der Waals surface area contributed by atoms with Crippen LogP contribution >= 0.6 is 0 Å². The molecule has 0 fully saturated rings. The minimum Gasteiger partial charge on any atom is -0.458 e. The molecule has 0 radical (unpaired) electrons. The SMILES string of the molecule is C=CC(=O)OC[Si](OCC)(OCC)OCC. The Morgan fingerprint density at radius 2 is 1.56 bits per heavy atom. The Balaban J connectivity index is 4.45. The maximum absolute atomic E-state index is 11.0. The predicted molar refractivity (Wildman–Crippen MR) is 61.8 cm³/mol. The fraction of sp³-hybridized carbons (Fsp3) is 0.700. The summed E-state index contributed by atoms with van der Waals surface area (Å²) in [7, 11) is -2.87. The van der Waals surface area contributed by atoms with Crippen molar-refractivity contribution in [2.24, 2.45) is 0 Å². The second-order valence-electron chi connectivity index (χ2n) is 2.79. The number of ether oxygens (including phenoxy) is 1. The molecule has 0 aliphatic rings. The fourth-order valence-electron chi connectivity index (χ4n) is 1.13. The van der Waals surface area contributed by atoms with Crippen LogP contribution in [0.5, 0.6) is 0 Å². The fourth-order valence-corrected chi connectivity index (χ4v) is 3.27. The Labute approximate surface area is 97.7 Å². The summed E-state index contributed by atoms with van der Waals surface area (Å²) in [5.74, 6) is -0.504. The molecule has 0 N–H and O–H groups in total. The van der Waals surface area contributed by atoms with Crippen LogP contribution in [0.4, 0.5) is 0 Å². The molecule has 0 bridgehead atoms. The zero-order valence-corrected chi connectivity index (χ0v) is 11.2. The molecule has 0 saturated carbocycles. The van der Waals surface area contributed by atoms with Crippen molar-refractivity contribution in [1.82, 2.24) is 0 Å². The average molecular weight is 248 g/mol. The summed E-state index contributed by atoms with van der Waals surface area (Å²) >= 11 is 0. The molecule has 0 unspecified atom stereocenters. The highest BCUT2D eigenvalue weighted by molar-refractivity contribution is 6.60. The summed E-state index contributed by atoms with van der Waals surface area (Å²) < 4.78 is 21.4. The molecule has 5 nitrogen and oxygen atoms in total. The molecule has 0 aliphatic carbocycles. The molecule has 94 valence electrons. The van der Waals surface area contributed by atoms with Crippen LogP contribution < -0.4 is 0 Å². The van der Waals surface area contributed by atoms with Crippen LogP contribution in [0.3, 0.4) is 0 Å². The molecule has 0 heterocycles. The normalized spacial score (nSPS) is 11.2. The number of rotatable bonds is 9. The molecule has 16 heavy (non-hydrogen) atoms. The molecule has 0 rings (SSSR count). The van der Waals surface area contributed by atoms with Crippen molar-refractivity contribution in [1.29, 1.82) is 0 Å². The van der Waals surface area contributed by atoms with Gasteiger partial charge < -0.3 is 18.0 Å². The highest BCUT2D eigenvalue weighted by Crippen LogP contribution is 2.10. The van der Waals surface area contributed by atoms with E-state index in [-0.39, 0.29) is 6.23 Å². The predicted octanol–water partition coefficient (Wildman–Crippen LogP) is 1.30. The number of hydrogen-bond donors (Lipinski definition) is 0. The van der Waals surface area contributed by atoms with Crippen molar-refractivity contribution in [2.45, 2.75) is 20.8 Å². The molecule has 0 saturated heterocycles. The minimum absolute atomic E-state index is 0.0212. The monoisotopic (exact) mass is 248 g/mol. The van der Waals surface area contributed by atoms with Crippen LogP contribution in [0, 0.1) is 0 Å². The van der Waals surface area contributed by atoms with Crippen molar-refractivity contribution < 1.29 is 22.8 Å². The van der Waals surface area contributed by atoms with Gasteiger partial charge in [0.15, 0.2) is 6.23 Å². The molecular weight excluding hydrogens is 228 g/mol. The summed E-state index contributed by atoms with van der Waals surface area (Å²) in [6.07, 6.45) is 1.12. The van der Waals surface area contributed by atoms with Gasteiger partial charge in [-0.2, -0.15) is 0 Å². The lowest BCUT2D eigenvalue weighted by Crippen LogP contribution is -2.51. The summed E-state index contributed by atoms with van der Waals surface area (Å²) in [6, 6.07) is 0. The highest BCUT2D eigenvalue weighted by atomic mass is 28.4. The number of hydrogen-bond acceptors (Lipinski definition) is 5. The van der Waals surface area contributed by atoms with Crippen molar-refractivity contribution in [2.75, 3.05) is 26.1 Å². The van der Waals surface area contributed by atoms with Crippen molar-refractivity contribution in [3.05, 3.63) is 12.7 Å². The lowest BCUT2D eigenvalue weighted by molar-refractivity contribution is -0.137. The topological polar surface area (TPSA) is 54.0 Å². The van der Waals surface area contributed by atoms with Gasteiger partial charge in [-0.3, -0.25) is 0 Å². The van der Waals surface area contributed by atoms with Gasteiger partial charge in [0.05, 0.1) is 0 Å². The Hall–Kier alpha value is -0.693. The average Bonchev–Trinajstić information content (AvgIpc) is 2.27. The van der Waals surface area contributed by atoms with Gasteiger partial charge in [-0.05, 0) is 20.8 Å². The standard InChI is InChI=1S/C10H20O5Si/c1-5-10(11)12-9-16(13-6-2,14-7-3)15-8-4/h5H,1,6-9H2,2-4H3. The summed E-state index contributed by atoms with van der Waals surface area (Å²) in [4.78, 5) is 11.0. The molecule has 0 atom stereocenters. The van der Waals surface area contributed by atoms with Crippen LogP contribution in [-0.4, -0.2) is 40.8 Å². The third-order valence-corrected chi connectivity index (χ3v) is 4.33. The first-order valence-electron chi connectivity index (χ1n) is 5.35. The van der Waals surface area contributed by atoms with Gasteiger partial charge in [0.2, 0.25) is 0 Å². The zero-order chi connectivity index (χ0) is 12.4. The number of carbonyl (C=O) groups is 1. The second kappa shape index (κ2) is 8.46. The molecule has 6 heteroatoms. The molecular formula is C10H20O5Si. The van der Waals surface area contributed by atoms with E-state index < -0.39 is 14.8 Å². The minimum atomic E-state index is -2.87. The van der Waals surface area contributed by atoms with Crippen LogP contribution in [0.15, 0.2) is 12.7 Å². The second-order valence-corrected chi connectivity index (χ2v) is 5.31. The van der Waals surface area contributed by atoms with E-state index in [1.807, 2.05) is 20.8 Å². The van der Waals surface area contributed by atoms with Gasteiger partial charge in [0.1, 0.15) is 0 Å². The van der Waals surface area contributed by atoms with E-state index >= 15 is 0 Å². The van der Waals surface area contributed by atoms with Crippen molar-refractivity contribution in [3.8, 4) is 0 Å². The first-order valence-corrected chi connectivity index (χ1v) is 7.28. The van der Waals surface area contributed by atoms with E-state index in [1.165, 1.54) is 0 Å². The first kappa shape index (κ1) is 15.3. The molecule has 0 aliphatic heterocycles. The molecule has 0 amide bonds. The Kier molecular flexibility index (Phi) is 8.09. The highest BCUT2D eigenvalue weighted by Gasteiger charge is 2.42. The summed E-state index contributed by atoms with van der Waals surface area (Å²) in [5, 5.41) is 0. The Morgan fingerprint density at radius 3 is 1.88 bits per heavy atom. The lowest BCUT2D eigenvalue weighted by Gasteiger charge is -2.27. The van der Waals surface area contributed by atoms with Gasteiger partial charge in [-0.25, -0.2) is 4.79 Å². The Bertz CT molecular complexity index is 202. The maximum Gasteiger partial charge on any atom is 0.540 e. The Morgan fingerprint density at radius 1 is 1.12 bits per heavy atom. The van der Waals surface area contributed by atoms with Gasteiger partial charge in [-0.1, -0.05) is 6.58 Å². The first-order chi connectivity index (χ1) is 7.64. The van der Waals surface area contributed by atoms with Crippen LogP contribution in [-0.2, 0) is 22.8 Å². The van der Waals surface area contributed by atoms with E-state index in [2.05, 4.69) is 6.58 Å². The van der Waals surface area contributed by atoms with Crippen LogP contribution in [0.25, 0.3) is 0 Å². The van der Waals surface area contributed by atoms with E-state index in [4.69, 9.17) is 18.0 Å². The maximum atomic E-state index is 11.0. The van der Waals surface area contributed by atoms with Gasteiger partial charge in [-0.15, -0.1) is 0 Å². The van der Waals surface area contributed by atoms with Gasteiger partial charge >= 0.3 is 14.8 Å². The molecule has 0 spiro atoms. The molecule has 0 aromatic rings. The van der Waals surface area contributed by atoms with Crippen LogP contribution in [0.2, 0.25) is 0 Å². The smallest absolute Gasteiger partial charge is 0.458 e. The number of esters is 1. The molecule has 0 aromatic heterocycles. The van der Waals surface area contributed by atoms with Crippen LogP contribution in [0.1, 0.15) is 20.8 Å². The quantitative estimate of drug-likeness (QED) is 0.350. The largest absolute Gasteiger partial charge is 0.540 e. The summed E-state index contributed by atoms with van der Waals surface area (Å²) in [5.41, 5.74) is 0. The van der Waals surface area contributed by atoms with Crippen molar-refractivity contribution in [3.63, 3.8) is 0 Å². The van der Waals surface area contributed by atoms with E-state index in [1.54, 1.807) is 0 Å². The lowest BCUT2D eigenvalue weighted by atomic mass is 10.7. The van der Waals surface area contributed by atoms with Gasteiger partial charge in [0.25, 0.3) is 0 Å². The summed E-state index contributed by atoms with van der Waals surface area (Å²) in [6.45, 7) is 10.2. The molecule has 0 aromatic carbocycles. The zero-order valence-electron chi connectivity index (χ0n) is 10.2. The third-order valence-electron chi connectivity index (χ3n) is 1.65. The van der Waals surface area contributed by atoms with E-state index in [0.29, 0.717) is 19.8 Å². The van der Waals surface area contributed by atoms with E-state index in [0.717, 1.165) is 6.08 Å². The van der Waals surface area contributed by atoms with E-state index in [9.17, 15) is 4.79 Å². The van der Waals surface area contributed by atoms with Crippen molar-refractivity contribution >= 4 is 14.8 Å². The third kappa shape index (κ3) is 5.41.